The van der Waals surface area contributed by atoms with Crippen LogP contribution in [0.15, 0.2) is 29.2 Å². The maximum absolute atomic E-state index is 13.2. The van der Waals surface area contributed by atoms with Crippen LogP contribution in [-0.4, -0.2) is 107 Å². The zero-order valence-electron chi connectivity index (χ0n) is 17.0. The maximum Gasteiger partial charge on any atom is 0.268 e. The third-order valence-corrected chi connectivity index (χ3v) is 9.02. The summed E-state index contributed by atoms with van der Waals surface area (Å²) in [5.74, 6) is -0.448. The van der Waals surface area contributed by atoms with Crippen molar-refractivity contribution >= 4 is 25.8 Å². The van der Waals surface area contributed by atoms with Crippen molar-refractivity contribution in [3.63, 3.8) is 0 Å². The summed E-state index contributed by atoms with van der Waals surface area (Å²) in [4.78, 5) is 15.3. The topological polar surface area (TPSA) is 98.3 Å². The molecule has 3 rings (SSSR count). The summed E-state index contributed by atoms with van der Waals surface area (Å²) in [6, 6.07) is 5.53. The lowest BCUT2D eigenvalue weighted by Gasteiger charge is -2.34. The molecule has 2 heterocycles. The molecule has 2 fully saturated rings. The van der Waals surface area contributed by atoms with Crippen molar-refractivity contribution < 1.29 is 21.6 Å². The fourth-order valence-electron chi connectivity index (χ4n) is 3.74. The van der Waals surface area contributed by atoms with Gasteiger partial charge < -0.3 is 4.90 Å². The van der Waals surface area contributed by atoms with E-state index in [2.05, 4.69) is 4.90 Å². The molecule has 0 N–H and O–H groups in total. The Balaban J connectivity index is 1.86. The number of hydrogen-bond donors (Lipinski definition) is 0. The van der Waals surface area contributed by atoms with Gasteiger partial charge in [0.25, 0.3) is 5.91 Å². The second-order valence-electron chi connectivity index (χ2n) is 7.79. The summed E-state index contributed by atoms with van der Waals surface area (Å²) in [5, 5.41) is 2.97. The minimum atomic E-state index is -3.70. The van der Waals surface area contributed by atoms with E-state index in [1.165, 1.54) is 21.4 Å². The summed E-state index contributed by atoms with van der Waals surface area (Å²) >= 11 is 0. The van der Waals surface area contributed by atoms with Crippen LogP contribution < -0.4 is 0 Å². The molecule has 1 atom stereocenters. The van der Waals surface area contributed by atoms with Gasteiger partial charge in [-0.1, -0.05) is 6.07 Å². The van der Waals surface area contributed by atoms with Crippen LogP contribution >= 0.6 is 0 Å². The van der Waals surface area contributed by atoms with E-state index < -0.39 is 31.8 Å². The van der Waals surface area contributed by atoms with Crippen LogP contribution in [0.2, 0.25) is 0 Å². The minimum Gasteiger partial charge on any atom is -0.304 e. The van der Waals surface area contributed by atoms with Crippen molar-refractivity contribution in [2.75, 3.05) is 58.8 Å². The lowest BCUT2D eigenvalue weighted by Crippen LogP contribution is -2.49. The molecule has 9 nitrogen and oxygen atoms in total. The first-order valence-electron chi connectivity index (χ1n) is 9.51. The first-order chi connectivity index (χ1) is 13.5. The molecule has 2 aliphatic heterocycles. The van der Waals surface area contributed by atoms with Gasteiger partial charge in [-0.25, -0.2) is 21.8 Å². The number of sulfonamides is 1. The number of carbonyl (C=O) groups is 1. The monoisotopic (exact) mass is 444 g/mol. The molecular weight excluding hydrogens is 416 g/mol. The molecule has 1 aromatic rings. The van der Waals surface area contributed by atoms with Crippen LogP contribution in [0.25, 0.3) is 0 Å². The largest absolute Gasteiger partial charge is 0.304 e. The van der Waals surface area contributed by atoms with Gasteiger partial charge in [-0.15, -0.1) is 0 Å². The van der Waals surface area contributed by atoms with Gasteiger partial charge in [0.2, 0.25) is 10.0 Å². The lowest BCUT2D eigenvalue weighted by atomic mass is 10.1. The molecule has 11 heteroatoms. The van der Waals surface area contributed by atoms with E-state index in [0.717, 1.165) is 0 Å². The predicted molar refractivity (Wildman–Crippen MR) is 110 cm³/mol. The highest BCUT2D eigenvalue weighted by atomic mass is 32.2. The Kier molecular flexibility index (Phi) is 6.35. The number of benzene rings is 1. The molecule has 0 aromatic heterocycles. The van der Waals surface area contributed by atoms with Gasteiger partial charge in [0.1, 0.15) is 0 Å². The molecule has 0 aliphatic carbocycles. The molecule has 0 unspecified atom stereocenters. The first kappa shape index (κ1) is 22.2. The normalized spacial score (nSPS) is 23.4. The van der Waals surface area contributed by atoms with Gasteiger partial charge in [-0.2, -0.15) is 4.31 Å². The molecule has 2 saturated heterocycles. The van der Waals surface area contributed by atoms with Crippen LogP contribution in [0.3, 0.4) is 0 Å². The summed E-state index contributed by atoms with van der Waals surface area (Å²) in [6.45, 7) is 2.12. The second kappa shape index (κ2) is 8.31. The van der Waals surface area contributed by atoms with Crippen molar-refractivity contribution in [1.82, 2.24) is 19.2 Å². The van der Waals surface area contributed by atoms with Crippen molar-refractivity contribution in [2.24, 2.45) is 0 Å². The van der Waals surface area contributed by atoms with Gasteiger partial charge in [-0.3, -0.25) is 9.80 Å². The average molecular weight is 445 g/mol. The highest BCUT2D eigenvalue weighted by Crippen LogP contribution is 2.23. The number of amides is 1. The quantitative estimate of drug-likeness (QED) is 0.577. The Morgan fingerprint density at radius 3 is 2.34 bits per heavy atom. The van der Waals surface area contributed by atoms with E-state index in [1.807, 2.05) is 7.05 Å². The number of likely N-dealkylation sites (N-methyl/N-ethyl adjacent to an activating group) is 1. The highest BCUT2D eigenvalue weighted by Gasteiger charge is 2.37. The SMILES string of the molecule is CN1CCN(S(=O)(=O)c2cccc(C(=O)N([C@@H]3CCS(=O)(=O)C3)N(C)C)c2)CC1. The molecule has 0 radical (unpaired) electrons. The van der Waals surface area contributed by atoms with Crippen molar-refractivity contribution in [3.05, 3.63) is 29.8 Å². The fourth-order valence-corrected chi connectivity index (χ4v) is 6.90. The Morgan fingerprint density at radius 2 is 1.79 bits per heavy atom. The second-order valence-corrected chi connectivity index (χ2v) is 12.0. The Morgan fingerprint density at radius 1 is 1.14 bits per heavy atom. The zero-order valence-corrected chi connectivity index (χ0v) is 18.6. The molecule has 0 spiro atoms. The van der Waals surface area contributed by atoms with E-state index in [1.54, 1.807) is 31.2 Å². The third-order valence-electron chi connectivity index (χ3n) is 5.37. The van der Waals surface area contributed by atoms with Gasteiger partial charge in [0, 0.05) is 45.8 Å². The Hall–Kier alpha value is -1.53. The van der Waals surface area contributed by atoms with Crippen molar-refractivity contribution in [1.29, 1.82) is 0 Å². The van der Waals surface area contributed by atoms with E-state index in [4.69, 9.17) is 0 Å². The first-order valence-corrected chi connectivity index (χ1v) is 12.8. The van der Waals surface area contributed by atoms with Gasteiger partial charge in [0.05, 0.1) is 22.4 Å². The minimum absolute atomic E-state index is 0.0487. The summed E-state index contributed by atoms with van der Waals surface area (Å²) in [6.07, 6.45) is 0.367. The Bertz CT molecular complexity index is 970. The van der Waals surface area contributed by atoms with E-state index in [-0.39, 0.29) is 22.0 Å². The molecule has 0 saturated carbocycles. The number of nitrogens with zero attached hydrogens (tertiary/aromatic N) is 4. The summed E-state index contributed by atoms with van der Waals surface area (Å²) in [7, 11) is -1.57. The molecule has 29 heavy (non-hydrogen) atoms. The summed E-state index contributed by atoms with van der Waals surface area (Å²) in [5.41, 5.74) is 0.221. The van der Waals surface area contributed by atoms with Crippen molar-refractivity contribution in [3.8, 4) is 0 Å². The van der Waals surface area contributed by atoms with Crippen LogP contribution in [0.1, 0.15) is 16.8 Å². The Labute approximate surface area is 172 Å². The average Bonchev–Trinajstić information content (AvgIpc) is 3.01. The van der Waals surface area contributed by atoms with Gasteiger partial charge in [0.15, 0.2) is 9.84 Å². The van der Waals surface area contributed by atoms with E-state index >= 15 is 0 Å². The third kappa shape index (κ3) is 4.80. The number of rotatable bonds is 5. The van der Waals surface area contributed by atoms with Crippen LogP contribution in [0.5, 0.6) is 0 Å². The smallest absolute Gasteiger partial charge is 0.268 e. The van der Waals surface area contributed by atoms with E-state index in [0.29, 0.717) is 32.6 Å². The molecular formula is C18H28N4O5S2. The van der Waals surface area contributed by atoms with Crippen LogP contribution in [0, 0.1) is 0 Å². The number of piperazine rings is 1. The lowest BCUT2D eigenvalue weighted by molar-refractivity contribution is 0.000987. The number of hydrazine groups is 1. The number of sulfone groups is 1. The van der Waals surface area contributed by atoms with Gasteiger partial charge in [-0.05, 0) is 31.7 Å². The fraction of sp³-hybridized carbons (Fsp3) is 0.611. The molecule has 2 aliphatic rings. The number of carbonyl (C=O) groups excluding carboxylic acids is 1. The molecule has 1 aromatic carbocycles. The van der Waals surface area contributed by atoms with E-state index in [9.17, 15) is 21.6 Å². The number of hydrogen-bond acceptors (Lipinski definition) is 7. The standard InChI is InChI=1S/C18H28N4O5S2/c1-19(2)22(16-7-12-28(24,25)14-16)18(23)15-5-4-6-17(13-15)29(26,27)21-10-8-20(3)9-11-21/h4-6,13,16H,7-12,14H2,1-3H3/t16-/m1/s1. The molecule has 0 bridgehead atoms. The predicted octanol–water partition coefficient (Wildman–Crippen LogP) is -0.271. The van der Waals surface area contributed by atoms with Gasteiger partial charge >= 0.3 is 0 Å². The zero-order chi connectivity index (χ0) is 21.4. The molecule has 162 valence electrons. The maximum atomic E-state index is 13.2. The molecule has 1 amide bonds. The highest BCUT2D eigenvalue weighted by molar-refractivity contribution is 7.91. The van der Waals surface area contributed by atoms with Crippen LogP contribution in [0.4, 0.5) is 0 Å². The van der Waals surface area contributed by atoms with Crippen LogP contribution in [-0.2, 0) is 19.9 Å². The van der Waals surface area contributed by atoms with Crippen molar-refractivity contribution in [2.45, 2.75) is 17.4 Å². The summed E-state index contributed by atoms with van der Waals surface area (Å²) < 4.78 is 51.2.